The predicted molar refractivity (Wildman–Crippen MR) is 73.1 cm³/mol. The minimum atomic E-state index is -0.801. The van der Waals surface area contributed by atoms with Crippen molar-refractivity contribution in [3.05, 3.63) is 16.1 Å². The molecule has 0 aliphatic heterocycles. The van der Waals surface area contributed by atoms with Crippen LogP contribution in [0.2, 0.25) is 0 Å². The Morgan fingerprint density at radius 1 is 1.47 bits per heavy atom. The van der Waals surface area contributed by atoms with Gasteiger partial charge in [-0.2, -0.15) is 0 Å². The Hall–Kier alpha value is -1.63. The van der Waals surface area contributed by atoms with Crippen molar-refractivity contribution >= 4 is 23.3 Å². The van der Waals surface area contributed by atoms with Gasteiger partial charge >= 0.3 is 12.0 Å². The molecule has 0 saturated carbocycles. The molecule has 7 heteroatoms. The van der Waals surface area contributed by atoms with Gasteiger partial charge < -0.3 is 15.7 Å². The van der Waals surface area contributed by atoms with Crippen molar-refractivity contribution in [1.82, 2.24) is 15.6 Å². The minimum absolute atomic E-state index is 0.240. The Kier molecular flexibility index (Phi) is 6.27. The summed E-state index contributed by atoms with van der Waals surface area (Å²) in [5.74, 6) is -1.17. The van der Waals surface area contributed by atoms with E-state index in [-0.39, 0.29) is 11.9 Å². The number of hydrogen-bond donors (Lipinski definition) is 3. The fraction of sp³-hybridized carbons (Fsp3) is 0.583. The highest BCUT2D eigenvalue weighted by Crippen LogP contribution is 2.10. The molecule has 3 N–H and O–H groups in total. The number of carboxylic acid groups (broad SMARTS) is 1. The highest BCUT2D eigenvalue weighted by atomic mass is 32.1. The second-order valence-electron chi connectivity index (χ2n) is 4.35. The highest BCUT2D eigenvalue weighted by Gasteiger charge is 2.10. The molecule has 1 atom stereocenters. The number of nitrogens with one attached hydrogen (secondary N) is 2. The Morgan fingerprint density at radius 3 is 2.79 bits per heavy atom. The quantitative estimate of drug-likeness (QED) is 0.666. The van der Waals surface area contributed by atoms with Gasteiger partial charge in [-0.25, -0.2) is 9.78 Å². The van der Waals surface area contributed by atoms with Gasteiger partial charge in [0.15, 0.2) is 0 Å². The number of urea groups is 1. The fourth-order valence-electron chi connectivity index (χ4n) is 1.45. The van der Waals surface area contributed by atoms with E-state index in [1.54, 1.807) is 12.4 Å². The topological polar surface area (TPSA) is 91.3 Å². The number of aryl methyl sites for hydroxylation is 1. The van der Waals surface area contributed by atoms with Crippen molar-refractivity contribution in [2.45, 2.75) is 33.2 Å². The Morgan fingerprint density at radius 2 is 2.21 bits per heavy atom. The van der Waals surface area contributed by atoms with Gasteiger partial charge in [0.05, 0.1) is 23.7 Å². The molecule has 1 aromatic heterocycles. The molecule has 2 amide bonds. The number of carboxylic acids is 1. The van der Waals surface area contributed by atoms with Crippen LogP contribution in [0.5, 0.6) is 0 Å². The van der Waals surface area contributed by atoms with Gasteiger partial charge in [0.25, 0.3) is 0 Å². The first-order valence-electron chi connectivity index (χ1n) is 6.14. The molecule has 0 radical (unpaired) electrons. The second-order valence-corrected chi connectivity index (χ2v) is 5.29. The summed E-state index contributed by atoms with van der Waals surface area (Å²) in [4.78, 5) is 27.2. The molecular formula is C12H19N3O3S. The van der Waals surface area contributed by atoms with E-state index < -0.39 is 5.97 Å². The molecule has 1 heterocycles. The van der Waals surface area contributed by atoms with Crippen LogP contribution < -0.4 is 10.6 Å². The third-order valence-electron chi connectivity index (χ3n) is 2.78. The molecule has 6 nitrogen and oxygen atoms in total. The molecule has 0 aromatic carbocycles. The Balaban J connectivity index is 2.12. The van der Waals surface area contributed by atoms with Gasteiger partial charge in [0.2, 0.25) is 0 Å². The summed E-state index contributed by atoms with van der Waals surface area (Å²) in [6, 6.07) is -0.240. The van der Waals surface area contributed by atoms with Crippen molar-refractivity contribution in [2.24, 2.45) is 5.92 Å². The van der Waals surface area contributed by atoms with E-state index in [0.717, 1.165) is 10.6 Å². The predicted octanol–water partition coefficient (Wildman–Crippen LogP) is 1.75. The standard InChI is InChI=1S/C12H19N3O3S/c1-8(11(16)17)4-3-5-13-12(18)14-6-10-9(2)15-7-19-10/h7-8H,3-6H2,1-2H3,(H,16,17)(H2,13,14,18). The molecule has 1 aromatic rings. The van der Waals surface area contributed by atoms with Crippen LogP contribution in [0.25, 0.3) is 0 Å². The third-order valence-corrected chi connectivity index (χ3v) is 3.71. The number of rotatable bonds is 7. The van der Waals surface area contributed by atoms with Crippen LogP contribution in [-0.2, 0) is 11.3 Å². The lowest BCUT2D eigenvalue weighted by Gasteiger charge is -2.08. The zero-order chi connectivity index (χ0) is 14.3. The van der Waals surface area contributed by atoms with E-state index in [0.29, 0.717) is 25.9 Å². The smallest absolute Gasteiger partial charge is 0.315 e. The van der Waals surface area contributed by atoms with Crippen molar-refractivity contribution in [1.29, 1.82) is 0 Å². The molecule has 0 aliphatic carbocycles. The lowest BCUT2D eigenvalue weighted by molar-refractivity contribution is -0.141. The van der Waals surface area contributed by atoms with E-state index in [2.05, 4.69) is 15.6 Å². The average Bonchev–Trinajstić information content (AvgIpc) is 2.77. The number of thiazole rings is 1. The van der Waals surface area contributed by atoms with Crippen molar-refractivity contribution in [3.63, 3.8) is 0 Å². The first-order valence-corrected chi connectivity index (χ1v) is 7.02. The van der Waals surface area contributed by atoms with Gasteiger partial charge in [0, 0.05) is 11.4 Å². The average molecular weight is 285 g/mol. The van der Waals surface area contributed by atoms with E-state index in [1.807, 2.05) is 6.92 Å². The summed E-state index contributed by atoms with van der Waals surface area (Å²) in [7, 11) is 0. The summed E-state index contributed by atoms with van der Waals surface area (Å²) >= 11 is 1.51. The van der Waals surface area contributed by atoms with E-state index in [1.165, 1.54) is 11.3 Å². The molecule has 1 rings (SSSR count). The van der Waals surface area contributed by atoms with Gasteiger partial charge in [-0.15, -0.1) is 11.3 Å². The number of aliphatic carboxylic acids is 1. The maximum Gasteiger partial charge on any atom is 0.315 e. The van der Waals surface area contributed by atoms with E-state index in [4.69, 9.17) is 5.11 Å². The summed E-state index contributed by atoms with van der Waals surface area (Å²) in [6.45, 7) is 4.51. The van der Waals surface area contributed by atoms with Crippen molar-refractivity contribution in [2.75, 3.05) is 6.54 Å². The van der Waals surface area contributed by atoms with Gasteiger partial charge in [-0.05, 0) is 19.8 Å². The van der Waals surface area contributed by atoms with Crippen LogP contribution in [0.3, 0.4) is 0 Å². The van der Waals surface area contributed by atoms with Gasteiger partial charge in [-0.1, -0.05) is 6.92 Å². The molecular weight excluding hydrogens is 266 g/mol. The van der Waals surface area contributed by atoms with Crippen LogP contribution in [0.1, 0.15) is 30.3 Å². The van der Waals surface area contributed by atoms with E-state index >= 15 is 0 Å². The number of amides is 2. The highest BCUT2D eigenvalue weighted by molar-refractivity contribution is 7.09. The molecule has 19 heavy (non-hydrogen) atoms. The summed E-state index contributed by atoms with van der Waals surface area (Å²) in [5.41, 5.74) is 2.68. The molecule has 0 aliphatic rings. The van der Waals surface area contributed by atoms with Crippen LogP contribution in [0.4, 0.5) is 4.79 Å². The monoisotopic (exact) mass is 285 g/mol. The summed E-state index contributed by atoms with van der Waals surface area (Å²) in [5, 5.41) is 14.1. The van der Waals surface area contributed by atoms with E-state index in [9.17, 15) is 9.59 Å². The van der Waals surface area contributed by atoms with Crippen LogP contribution >= 0.6 is 11.3 Å². The Labute approximate surface area is 116 Å². The number of carbonyl (C=O) groups excluding carboxylic acids is 1. The van der Waals surface area contributed by atoms with Crippen molar-refractivity contribution in [3.8, 4) is 0 Å². The fourth-order valence-corrected chi connectivity index (χ4v) is 2.17. The third kappa shape index (κ3) is 5.69. The van der Waals surface area contributed by atoms with Crippen molar-refractivity contribution < 1.29 is 14.7 Å². The number of hydrogen-bond acceptors (Lipinski definition) is 4. The largest absolute Gasteiger partial charge is 0.481 e. The second kappa shape index (κ2) is 7.73. The molecule has 0 fully saturated rings. The molecule has 0 saturated heterocycles. The SMILES string of the molecule is Cc1ncsc1CNC(=O)NCCCC(C)C(=O)O. The first-order chi connectivity index (χ1) is 9.00. The van der Waals surface area contributed by atoms with Gasteiger partial charge in [-0.3, -0.25) is 4.79 Å². The zero-order valence-electron chi connectivity index (χ0n) is 11.1. The summed E-state index contributed by atoms with van der Waals surface area (Å²) in [6.07, 6.45) is 1.21. The van der Waals surface area contributed by atoms with Gasteiger partial charge in [0.1, 0.15) is 0 Å². The molecule has 0 spiro atoms. The maximum absolute atomic E-state index is 11.5. The molecule has 106 valence electrons. The van der Waals surface area contributed by atoms with Crippen LogP contribution in [0, 0.1) is 12.8 Å². The maximum atomic E-state index is 11.5. The lowest BCUT2D eigenvalue weighted by Crippen LogP contribution is -2.35. The van der Waals surface area contributed by atoms with Crippen LogP contribution in [0.15, 0.2) is 5.51 Å². The van der Waals surface area contributed by atoms with Crippen LogP contribution in [-0.4, -0.2) is 28.6 Å². The lowest BCUT2D eigenvalue weighted by atomic mass is 10.1. The minimum Gasteiger partial charge on any atom is -0.481 e. The zero-order valence-corrected chi connectivity index (χ0v) is 11.9. The molecule has 0 bridgehead atoms. The normalized spacial score (nSPS) is 11.9. The first kappa shape index (κ1) is 15.4. The summed E-state index contributed by atoms with van der Waals surface area (Å²) < 4.78 is 0. The number of nitrogens with zero attached hydrogens (tertiary/aromatic N) is 1. The Bertz CT molecular complexity index is 434. The number of aromatic nitrogens is 1. The number of carbonyl (C=O) groups is 2. The molecule has 1 unspecified atom stereocenters.